The minimum atomic E-state index is -0.890. The standard InChI is InChI=1S/C37H48N2O4S/c1-3-5-7-9-11-15-24-38(25-16-12-10-8-6-4-2)29-21-19-28(20-22-29)35-36(42)30(37(35)43)27-33-39(26-23-34(40)41)31-17-13-14-18-32(31)44-33/h13-14,17-22,27H,3-12,15-16,23-26H2,1-2H3,(H-,40,41,42,43). The van der Waals surface area contributed by atoms with Gasteiger partial charge in [0, 0.05) is 42.1 Å². The van der Waals surface area contributed by atoms with Gasteiger partial charge >= 0.3 is 5.97 Å². The van der Waals surface area contributed by atoms with Crippen molar-refractivity contribution in [1.82, 2.24) is 0 Å². The van der Waals surface area contributed by atoms with Crippen molar-refractivity contribution in [3.05, 3.63) is 70.4 Å². The van der Waals surface area contributed by atoms with Crippen LogP contribution in [0, 0.1) is 0 Å². The van der Waals surface area contributed by atoms with E-state index < -0.39 is 5.97 Å². The smallest absolute Gasteiger partial charge is 0.309 e. The lowest BCUT2D eigenvalue weighted by Crippen LogP contribution is -2.37. The number of aryl methyl sites for hydroxylation is 1. The lowest BCUT2D eigenvalue weighted by atomic mass is 9.83. The maximum absolute atomic E-state index is 13.3. The third kappa shape index (κ3) is 8.81. The number of nitrogens with zero attached hydrogens (tertiary/aromatic N) is 2. The molecule has 0 atom stereocenters. The lowest BCUT2D eigenvalue weighted by molar-refractivity contribution is -0.667. The average Bonchev–Trinajstić information content (AvgIpc) is 3.38. The average molecular weight is 617 g/mol. The Balaban J connectivity index is 1.47. The Morgan fingerprint density at radius 2 is 1.45 bits per heavy atom. The zero-order chi connectivity index (χ0) is 31.3. The van der Waals surface area contributed by atoms with Gasteiger partial charge in [-0.1, -0.05) is 119 Å². The number of carboxylic acids is 1. The molecule has 0 saturated heterocycles. The second-order valence-electron chi connectivity index (χ2n) is 11.9. The zero-order valence-electron chi connectivity index (χ0n) is 26.5. The maximum atomic E-state index is 13.3. The van der Waals surface area contributed by atoms with Crippen molar-refractivity contribution in [1.29, 1.82) is 0 Å². The van der Waals surface area contributed by atoms with Gasteiger partial charge in [-0.05, 0) is 36.6 Å². The minimum Gasteiger partial charge on any atom is -0.871 e. The van der Waals surface area contributed by atoms with Crippen LogP contribution in [0.2, 0.25) is 0 Å². The summed E-state index contributed by atoms with van der Waals surface area (Å²) >= 11 is 1.46. The summed E-state index contributed by atoms with van der Waals surface area (Å²) in [6, 6.07) is 15.7. The van der Waals surface area contributed by atoms with Crippen LogP contribution in [0.1, 0.15) is 108 Å². The molecule has 6 nitrogen and oxygen atoms in total. The van der Waals surface area contributed by atoms with Gasteiger partial charge in [0.1, 0.15) is 11.1 Å². The molecule has 7 heteroatoms. The Hall–Kier alpha value is -3.45. The molecule has 1 N–H and O–H groups in total. The molecule has 1 aromatic heterocycles. The van der Waals surface area contributed by atoms with Crippen molar-refractivity contribution in [2.24, 2.45) is 0 Å². The number of allylic oxidation sites excluding steroid dienone is 2. The number of benzene rings is 2. The van der Waals surface area contributed by atoms with Gasteiger partial charge in [-0.2, -0.15) is 4.57 Å². The van der Waals surface area contributed by atoms with Crippen LogP contribution in [0.25, 0.3) is 21.9 Å². The summed E-state index contributed by atoms with van der Waals surface area (Å²) in [5, 5.41) is 23.2. The summed E-state index contributed by atoms with van der Waals surface area (Å²) in [7, 11) is 0. The van der Waals surface area contributed by atoms with Crippen molar-refractivity contribution in [3.63, 3.8) is 0 Å². The number of thiazole rings is 1. The van der Waals surface area contributed by atoms with E-state index in [2.05, 4.69) is 30.9 Å². The van der Waals surface area contributed by atoms with E-state index in [-0.39, 0.29) is 35.7 Å². The monoisotopic (exact) mass is 616 g/mol. The van der Waals surface area contributed by atoms with Crippen molar-refractivity contribution < 1.29 is 24.4 Å². The number of Topliss-reactive ketones (excluding diaryl/α,β-unsaturated/α-hetero) is 1. The van der Waals surface area contributed by atoms with Gasteiger partial charge in [-0.15, -0.1) is 0 Å². The number of fused-ring (bicyclic) bond motifs is 1. The number of hydrogen-bond acceptors (Lipinski definition) is 5. The summed E-state index contributed by atoms with van der Waals surface area (Å²) in [5.74, 6) is -1.39. The normalized spacial score (nSPS) is 14.0. The highest BCUT2D eigenvalue weighted by Crippen LogP contribution is 2.37. The van der Waals surface area contributed by atoms with Crippen LogP contribution < -0.4 is 14.6 Å². The fourth-order valence-corrected chi connectivity index (χ4v) is 7.03. The molecule has 4 rings (SSSR count). The van der Waals surface area contributed by atoms with E-state index in [4.69, 9.17) is 0 Å². The summed E-state index contributed by atoms with van der Waals surface area (Å²) in [4.78, 5) is 27.0. The molecule has 1 aliphatic rings. The topological polar surface area (TPSA) is 84.6 Å². The van der Waals surface area contributed by atoms with Crippen LogP contribution in [-0.4, -0.2) is 29.9 Å². The third-order valence-electron chi connectivity index (χ3n) is 8.48. The molecule has 0 spiro atoms. The molecule has 0 amide bonds. The number of hydrogen-bond donors (Lipinski definition) is 1. The summed E-state index contributed by atoms with van der Waals surface area (Å²) in [6.07, 6.45) is 16.8. The Bertz CT molecular complexity index is 1440. The van der Waals surface area contributed by atoms with Gasteiger partial charge in [0.25, 0.3) is 5.01 Å². The van der Waals surface area contributed by atoms with Gasteiger partial charge < -0.3 is 15.1 Å². The molecule has 0 fully saturated rings. The molecule has 236 valence electrons. The van der Waals surface area contributed by atoms with Crippen molar-refractivity contribution >= 4 is 50.6 Å². The van der Waals surface area contributed by atoms with Crippen LogP contribution in [-0.2, 0) is 16.1 Å². The fraction of sp³-hybridized carbons (Fsp3) is 0.486. The molecule has 2 aromatic carbocycles. The number of aromatic nitrogens is 1. The summed E-state index contributed by atoms with van der Waals surface area (Å²) in [5.41, 5.74) is 3.11. The van der Waals surface area contributed by atoms with Crippen molar-refractivity contribution in [2.45, 2.75) is 104 Å². The number of anilines is 1. The molecule has 0 unspecified atom stereocenters. The molecule has 0 saturated carbocycles. The zero-order valence-corrected chi connectivity index (χ0v) is 27.3. The molecule has 0 aliphatic heterocycles. The highest BCUT2D eigenvalue weighted by molar-refractivity contribution is 7.18. The number of carbonyl (C=O) groups excluding carboxylic acids is 1. The highest BCUT2D eigenvalue weighted by Gasteiger charge is 2.30. The Kier molecular flexibility index (Phi) is 13.0. The highest BCUT2D eigenvalue weighted by atomic mass is 32.1. The minimum absolute atomic E-state index is 0.0398. The predicted octanol–water partition coefficient (Wildman–Crippen LogP) is 7.93. The lowest BCUT2D eigenvalue weighted by Gasteiger charge is -2.31. The van der Waals surface area contributed by atoms with Gasteiger partial charge in [-0.25, -0.2) is 0 Å². The predicted molar refractivity (Wildman–Crippen MR) is 180 cm³/mol. The van der Waals surface area contributed by atoms with E-state index in [1.807, 2.05) is 41.0 Å². The fourth-order valence-electron chi connectivity index (χ4n) is 5.90. The van der Waals surface area contributed by atoms with E-state index in [0.717, 1.165) is 29.0 Å². The number of unbranched alkanes of at least 4 members (excludes halogenated alkanes) is 10. The molecular weight excluding hydrogens is 568 g/mol. The second-order valence-corrected chi connectivity index (χ2v) is 12.9. The van der Waals surface area contributed by atoms with Crippen LogP contribution in [0.5, 0.6) is 0 Å². The van der Waals surface area contributed by atoms with Crippen LogP contribution >= 0.6 is 11.3 Å². The Morgan fingerprint density at radius 1 is 0.864 bits per heavy atom. The van der Waals surface area contributed by atoms with E-state index in [0.29, 0.717) is 10.6 Å². The number of aliphatic carboxylic acids is 1. The van der Waals surface area contributed by atoms with Crippen molar-refractivity contribution in [2.75, 3.05) is 18.0 Å². The van der Waals surface area contributed by atoms with E-state index in [1.54, 1.807) is 6.08 Å². The molecule has 44 heavy (non-hydrogen) atoms. The third-order valence-corrected chi connectivity index (χ3v) is 9.59. The maximum Gasteiger partial charge on any atom is 0.309 e. The molecule has 0 radical (unpaired) electrons. The van der Waals surface area contributed by atoms with Gasteiger partial charge in [-0.3, -0.25) is 9.59 Å². The van der Waals surface area contributed by atoms with Gasteiger partial charge in [0.2, 0.25) is 5.52 Å². The molecule has 3 aromatic rings. The number of para-hydroxylation sites is 1. The number of carboxylic acid groups (broad SMARTS) is 1. The first kappa shape index (κ1) is 33.4. The van der Waals surface area contributed by atoms with Crippen LogP contribution in [0.4, 0.5) is 5.69 Å². The largest absolute Gasteiger partial charge is 0.871 e. The Morgan fingerprint density at radius 3 is 2.05 bits per heavy atom. The molecule has 1 aliphatic carbocycles. The van der Waals surface area contributed by atoms with E-state index >= 15 is 0 Å². The Labute approximate surface area is 266 Å². The summed E-state index contributed by atoms with van der Waals surface area (Å²) < 4.78 is 2.87. The second kappa shape index (κ2) is 17.1. The number of carbonyl (C=O) groups is 2. The molecule has 0 bridgehead atoms. The number of rotatable bonds is 20. The first-order valence-electron chi connectivity index (χ1n) is 16.6. The van der Waals surface area contributed by atoms with Gasteiger partial charge in [0.15, 0.2) is 12.3 Å². The first-order chi connectivity index (χ1) is 21.4. The quantitative estimate of drug-likeness (QED) is 0.0792. The van der Waals surface area contributed by atoms with E-state index in [1.165, 1.54) is 88.4 Å². The first-order valence-corrected chi connectivity index (χ1v) is 17.4. The number of ketones is 1. The molecular formula is C37H48N2O4S. The van der Waals surface area contributed by atoms with Crippen LogP contribution in [0.15, 0.2) is 59.9 Å². The molecule has 1 heterocycles. The van der Waals surface area contributed by atoms with Crippen LogP contribution in [0.3, 0.4) is 0 Å². The summed E-state index contributed by atoms with van der Waals surface area (Å²) in [6.45, 7) is 6.82. The SMILES string of the molecule is CCCCCCCCN(CCCCCCCC)c1ccc(C2=C([O-])C(=Cc3sc4ccccc4[n+]3CCC(=O)O)C2=O)cc1. The van der Waals surface area contributed by atoms with E-state index in [9.17, 15) is 19.8 Å². The van der Waals surface area contributed by atoms with Gasteiger partial charge in [0.05, 0.1) is 0 Å². The van der Waals surface area contributed by atoms with Crippen molar-refractivity contribution in [3.8, 4) is 0 Å².